The molecule has 1 amide bonds. The number of hydrogen-bond acceptors (Lipinski definition) is 4. The Hall–Kier alpha value is -1.93. The number of benzene rings is 1. The Kier molecular flexibility index (Phi) is 5.28. The van der Waals surface area contributed by atoms with Gasteiger partial charge in [0, 0.05) is 5.02 Å². The summed E-state index contributed by atoms with van der Waals surface area (Å²) in [5.41, 5.74) is 6.41. The van der Waals surface area contributed by atoms with Crippen LogP contribution in [0, 0.1) is 11.3 Å². The highest BCUT2D eigenvalue weighted by molar-refractivity contribution is 6.31. The first-order valence-electron chi connectivity index (χ1n) is 5.47. The van der Waals surface area contributed by atoms with Crippen LogP contribution < -0.4 is 5.73 Å². The van der Waals surface area contributed by atoms with Crippen molar-refractivity contribution >= 4 is 23.2 Å². The molecule has 1 unspecified atom stereocenters. The lowest BCUT2D eigenvalue weighted by molar-refractivity contribution is -0.118. The zero-order valence-electron chi connectivity index (χ0n) is 9.93. The van der Waals surface area contributed by atoms with Crippen LogP contribution in [-0.4, -0.2) is 11.9 Å². The summed E-state index contributed by atoms with van der Waals surface area (Å²) in [6.07, 6.45) is 1.66. The molecular weight excluding hydrogens is 252 g/mol. The van der Waals surface area contributed by atoms with E-state index in [0.717, 1.165) is 18.4 Å². The van der Waals surface area contributed by atoms with Gasteiger partial charge in [-0.3, -0.25) is 4.79 Å². The van der Waals surface area contributed by atoms with Crippen molar-refractivity contribution in [3.63, 3.8) is 0 Å². The third-order valence-corrected chi connectivity index (χ3v) is 2.62. The fraction of sp³-hybridized carbons (Fsp3) is 0.333. The first-order valence-corrected chi connectivity index (χ1v) is 5.85. The molecule has 0 aliphatic carbocycles. The predicted molar refractivity (Wildman–Crippen MR) is 68.6 cm³/mol. The Morgan fingerprint density at radius 3 is 2.89 bits per heavy atom. The van der Waals surface area contributed by atoms with E-state index in [4.69, 9.17) is 22.6 Å². The minimum Gasteiger partial charge on any atom is -0.367 e. The molecule has 0 heterocycles. The SMILES string of the molecule is CCCc1c(Cl)cccc1N=NC(C#N)C(N)=O. The monoisotopic (exact) mass is 264 g/mol. The summed E-state index contributed by atoms with van der Waals surface area (Å²) in [4.78, 5) is 10.8. The molecular formula is C12H13ClN4O. The van der Waals surface area contributed by atoms with Crippen molar-refractivity contribution in [2.24, 2.45) is 16.0 Å². The number of hydrogen-bond donors (Lipinski definition) is 1. The minimum absolute atomic E-state index is 0.561. The van der Waals surface area contributed by atoms with Crippen LogP contribution in [0.5, 0.6) is 0 Å². The molecule has 0 aliphatic rings. The van der Waals surface area contributed by atoms with E-state index in [1.807, 2.05) is 6.92 Å². The molecule has 5 nitrogen and oxygen atoms in total. The number of azo groups is 1. The van der Waals surface area contributed by atoms with Crippen LogP contribution in [-0.2, 0) is 11.2 Å². The topological polar surface area (TPSA) is 91.6 Å². The first kappa shape index (κ1) is 14.1. The summed E-state index contributed by atoms with van der Waals surface area (Å²) < 4.78 is 0. The van der Waals surface area contributed by atoms with Crippen LogP contribution in [0.4, 0.5) is 5.69 Å². The van der Waals surface area contributed by atoms with E-state index in [0.29, 0.717) is 10.7 Å². The van der Waals surface area contributed by atoms with Crippen molar-refractivity contribution in [2.45, 2.75) is 25.8 Å². The molecule has 0 fully saturated rings. The van der Waals surface area contributed by atoms with Crippen molar-refractivity contribution in [3.05, 3.63) is 28.8 Å². The average molecular weight is 265 g/mol. The maximum atomic E-state index is 10.8. The van der Waals surface area contributed by atoms with Crippen LogP contribution in [0.25, 0.3) is 0 Å². The molecule has 0 spiro atoms. The van der Waals surface area contributed by atoms with E-state index in [2.05, 4.69) is 10.2 Å². The molecule has 94 valence electrons. The second kappa shape index (κ2) is 6.72. The van der Waals surface area contributed by atoms with E-state index in [1.54, 1.807) is 24.3 Å². The van der Waals surface area contributed by atoms with Gasteiger partial charge in [0.05, 0.1) is 5.69 Å². The molecule has 0 bridgehead atoms. The van der Waals surface area contributed by atoms with Gasteiger partial charge >= 0.3 is 0 Å². The Bertz CT molecular complexity index is 507. The summed E-state index contributed by atoms with van der Waals surface area (Å²) in [5.74, 6) is -0.819. The van der Waals surface area contributed by atoms with E-state index in [1.165, 1.54) is 0 Å². The van der Waals surface area contributed by atoms with E-state index in [9.17, 15) is 4.79 Å². The standard InChI is InChI=1S/C12H13ClN4O/c1-2-4-8-9(13)5-3-6-10(8)16-17-11(7-14)12(15)18/h3,5-6,11H,2,4H2,1H3,(H2,15,18). The van der Waals surface area contributed by atoms with Crippen LogP contribution >= 0.6 is 11.6 Å². The lowest BCUT2D eigenvalue weighted by Gasteiger charge is -2.05. The zero-order valence-corrected chi connectivity index (χ0v) is 10.7. The number of carbonyl (C=O) groups is 1. The average Bonchev–Trinajstić information content (AvgIpc) is 2.33. The van der Waals surface area contributed by atoms with Gasteiger partial charge in [0.1, 0.15) is 6.07 Å². The van der Waals surface area contributed by atoms with Gasteiger partial charge in [-0.2, -0.15) is 15.5 Å². The Morgan fingerprint density at radius 1 is 1.61 bits per heavy atom. The van der Waals surface area contributed by atoms with Crippen molar-refractivity contribution < 1.29 is 4.79 Å². The number of halogens is 1. The smallest absolute Gasteiger partial charge is 0.258 e. The molecule has 1 atom stereocenters. The number of nitrogens with two attached hydrogens (primary N) is 1. The number of amides is 1. The number of nitriles is 1. The fourth-order valence-electron chi connectivity index (χ4n) is 1.40. The van der Waals surface area contributed by atoms with Gasteiger partial charge in [0.25, 0.3) is 5.91 Å². The van der Waals surface area contributed by atoms with E-state index < -0.39 is 11.9 Å². The highest BCUT2D eigenvalue weighted by atomic mass is 35.5. The van der Waals surface area contributed by atoms with Gasteiger partial charge in [-0.05, 0) is 24.1 Å². The molecule has 0 saturated heterocycles. The van der Waals surface area contributed by atoms with Crippen LogP contribution in [0.3, 0.4) is 0 Å². The summed E-state index contributed by atoms with van der Waals surface area (Å²) in [7, 11) is 0. The molecule has 1 aromatic rings. The van der Waals surface area contributed by atoms with Gasteiger partial charge in [-0.15, -0.1) is 0 Å². The van der Waals surface area contributed by atoms with E-state index >= 15 is 0 Å². The number of rotatable bonds is 5. The Labute approximate surface area is 110 Å². The lowest BCUT2D eigenvalue weighted by atomic mass is 10.1. The summed E-state index contributed by atoms with van der Waals surface area (Å²) in [6, 6.07) is 5.64. The maximum Gasteiger partial charge on any atom is 0.258 e. The van der Waals surface area contributed by atoms with Crippen LogP contribution in [0.1, 0.15) is 18.9 Å². The zero-order chi connectivity index (χ0) is 13.5. The Balaban J connectivity index is 3.04. The van der Waals surface area contributed by atoms with Crippen LogP contribution in [0.2, 0.25) is 5.02 Å². The largest absolute Gasteiger partial charge is 0.367 e. The number of nitrogens with zero attached hydrogens (tertiary/aromatic N) is 3. The molecule has 0 aliphatic heterocycles. The molecule has 0 aromatic heterocycles. The fourth-order valence-corrected chi connectivity index (χ4v) is 1.67. The molecule has 0 radical (unpaired) electrons. The van der Waals surface area contributed by atoms with Crippen molar-refractivity contribution in [3.8, 4) is 6.07 Å². The van der Waals surface area contributed by atoms with Gasteiger partial charge < -0.3 is 5.73 Å². The third kappa shape index (κ3) is 3.54. The highest BCUT2D eigenvalue weighted by Crippen LogP contribution is 2.28. The normalized spacial score (nSPS) is 12.3. The molecule has 1 aromatic carbocycles. The van der Waals surface area contributed by atoms with Crippen molar-refractivity contribution in [1.29, 1.82) is 5.26 Å². The van der Waals surface area contributed by atoms with Crippen LogP contribution in [0.15, 0.2) is 28.4 Å². The molecule has 18 heavy (non-hydrogen) atoms. The van der Waals surface area contributed by atoms with Gasteiger partial charge in [-0.25, -0.2) is 0 Å². The highest BCUT2D eigenvalue weighted by Gasteiger charge is 2.13. The number of carbonyl (C=O) groups excluding carboxylic acids is 1. The third-order valence-electron chi connectivity index (χ3n) is 2.27. The predicted octanol–water partition coefficient (Wildman–Crippen LogP) is 2.75. The molecule has 1 rings (SSSR count). The van der Waals surface area contributed by atoms with Gasteiger partial charge in [-0.1, -0.05) is 31.0 Å². The van der Waals surface area contributed by atoms with Gasteiger partial charge in [0.15, 0.2) is 0 Å². The second-order valence-electron chi connectivity index (χ2n) is 3.64. The quantitative estimate of drug-likeness (QED) is 0.828. The Morgan fingerprint density at radius 2 is 2.33 bits per heavy atom. The molecule has 2 N–H and O–H groups in total. The minimum atomic E-state index is -1.27. The maximum absolute atomic E-state index is 10.8. The number of primary amides is 1. The summed E-state index contributed by atoms with van der Waals surface area (Å²) >= 11 is 6.06. The second-order valence-corrected chi connectivity index (χ2v) is 4.04. The summed E-state index contributed by atoms with van der Waals surface area (Å²) in [5, 5.41) is 16.8. The van der Waals surface area contributed by atoms with Crippen molar-refractivity contribution in [1.82, 2.24) is 0 Å². The van der Waals surface area contributed by atoms with Gasteiger partial charge in [0.2, 0.25) is 6.04 Å². The summed E-state index contributed by atoms with van der Waals surface area (Å²) in [6.45, 7) is 2.02. The first-order chi connectivity index (χ1) is 8.60. The van der Waals surface area contributed by atoms with E-state index in [-0.39, 0.29) is 0 Å². The molecule has 6 heteroatoms. The lowest BCUT2D eigenvalue weighted by Crippen LogP contribution is -2.24. The van der Waals surface area contributed by atoms with Crippen molar-refractivity contribution in [2.75, 3.05) is 0 Å². The molecule has 0 saturated carbocycles.